The van der Waals surface area contributed by atoms with Crippen LogP contribution in [-0.2, 0) is 22.3 Å². The predicted molar refractivity (Wildman–Crippen MR) is 258 cm³/mol. The molecule has 4 saturated heterocycles. The Bertz CT molecular complexity index is 2660. The number of amides is 2. The summed E-state index contributed by atoms with van der Waals surface area (Å²) in [6.45, 7) is 14.4. The Morgan fingerprint density at radius 1 is 0.618 bits per heavy atom. The highest BCUT2D eigenvalue weighted by Crippen LogP contribution is 2.49. The molecule has 2 N–H and O–H groups in total. The molecule has 18 heteroatoms. The minimum absolute atomic E-state index is 0.174. The van der Waals surface area contributed by atoms with Crippen molar-refractivity contribution in [2.75, 3.05) is 113 Å². The number of nitrogens with zero attached hydrogens (tertiary/aromatic N) is 10. The van der Waals surface area contributed by atoms with Crippen LogP contribution in [0.5, 0.6) is 11.5 Å². The summed E-state index contributed by atoms with van der Waals surface area (Å²) in [6.07, 6.45) is 13.8. The Kier molecular flexibility index (Phi) is 11.7. The zero-order valence-electron chi connectivity index (χ0n) is 39.3. The number of hydrogen-bond donors (Lipinski definition) is 2. The van der Waals surface area contributed by atoms with Crippen LogP contribution in [-0.4, -0.2) is 155 Å². The summed E-state index contributed by atoms with van der Waals surface area (Å²) < 4.78 is 27.8. The van der Waals surface area contributed by atoms with Crippen molar-refractivity contribution >= 4 is 45.9 Å². The molecule has 6 aliphatic rings. The fourth-order valence-electron chi connectivity index (χ4n) is 11.1. The van der Waals surface area contributed by atoms with Gasteiger partial charge in [-0.3, -0.25) is 9.59 Å². The molecular formula is C50H60N12O6. The third-order valence-corrected chi connectivity index (χ3v) is 15.0. The second-order valence-electron chi connectivity index (χ2n) is 19.5. The van der Waals surface area contributed by atoms with E-state index in [2.05, 4.69) is 103 Å². The summed E-state index contributed by atoms with van der Waals surface area (Å²) in [6, 6.07) is 12.0. The Morgan fingerprint density at radius 3 is 1.46 bits per heavy atom. The second kappa shape index (κ2) is 18.0. The van der Waals surface area contributed by atoms with Crippen LogP contribution in [0, 0.1) is 11.8 Å². The summed E-state index contributed by atoms with van der Waals surface area (Å²) in [5, 5.41) is 14.9. The summed E-state index contributed by atoms with van der Waals surface area (Å²) in [7, 11) is 4.34. The molecule has 0 aliphatic carbocycles. The number of benzene rings is 2. The molecule has 10 heterocycles. The van der Waals surface area contributed by atoms with E-state index in [1.54, 1.807) is 58.3 Å². The molecule has 2 aromatic carbocycles. The maximum Gasteiger partial charge on any atom is 0.261 e. The third kappa shape index (κ3) is 8.26. The van der Waals surface area contributed by atoms with Gasteiger partial charge in [0.1, 0.15) is 33.8 Å². The number of carbonyl (C=O) groups is 2. The highest BCUT2D eigenvalue weighted by molar-refractivity contribution is 6.10. The number of morpholine rings is 2. The van der Waals surface area contributed by atoms with E-state index >= 15 is 0 Å². The normalized spacial score (nSPS) is 24.9. The quantitative estimate of drug-likeness (QED) is 0.231. The first-order valence-electron chi connectivity index (χ1n) is 24.0. The minimum atomic E-state index is -0.218. The average molecular weight is 925 g/mol. The van der Waals surface area contributed by atoms with Gasteiger partial charge in [0.05, 0.1) is 61.6 Å². The van der Waals surface area contributed by atoms with Crippen molar-refractivity contribution in [1.29, 1.82) is 0 Å². The van der Waals surface area contributed by atoms with Crippen molar-refractivity contribution in [3.05, 3.63) is 95.8 Å². The molecular weight excluding hydrogens is 865 g/mol. The van der Waals surface area contributed by atoms with Gasteiger partial charge in [0, 0.05) is 138 Å². The maximum absolute atomic E-state index is 13.3. The lowest BCUT2D eigenvalue weighted by atomic mass is 9.79. The van der Waals surface area contributed by atoms with Crippen LogP contribution < -0.4 is 29.9 Å². The molecule has 6 aromatic rings. The molecule has 0 radical (unpaired) electrons. The number of fused-ring (bicyclic) bond motifs is 4. The van der Waals surface area contributed by atoms with E-state index in [1.807, 2.05) is 0 Å². The lowest BCUT2D eigenvalue weighted by Crippen LogP contribution is -2.52. The van der Waals surface area contributed by atoms with Crippen LogP contribution >= 0.6 is 0 Å². The first-order valence-corrected chi connectivity index (χ1v) is 24.0. The van der Waals surface area contributed by atoms with E-state index in [0.29, 0.717) is 60.7 Å². The van der Waals surface area contributed by atoms with Crippen LogP contribution in [0.4, 0.5) is 22.7 Å². The van der Waals surface area contributed by atoms with Crippen molar-refractivity contribution in [2.45, 2.75) is 50.7 Å². The van der Waals surface area contributed by atoms with E-state index in [4.69, 9.17) is 18.9 Å². The number of aromatic nitrogens is 6. The van der Waals surface area contributed by atoms with Crippen molar-refractivity contribution in [3.8, 4) is 11.5 Å². The molecule has 4 fully saturated rings. The van der Waals surface area contributed by atoms with Crippen LogP contribution in [0.1, 0.15) is 58.5 Å². The standard InChI is InChI=1S/2C25H30N6O3/c2*1-17-16-29(2)7-4-25(17)14-18-12-20(21(13-22(18)34-25)30-8-10-33-11-9-30)28-24(32)19-15-27-31-6-3-5-26-23(19)31/h2*3,5-6,12-13,15,17H,4,7-11,14,16H2,1-2H3,(H,28,32)/t17-,25+;17-,25-/m10/s1. The largest absolute Gasteiger partial charge is 0.486 e. The van der Waals surface area contributed by atoms with Gasteiger partial charge in [0.2, 0.25) is 0 Å². The van der Waals surface area contributed by atoms with Crippen LogP contribution in [0.2, 0.25) is 0 Å². The number of piperidine rings is 2. The minimum Gasteiger partial charge on any atom is -0.486 e. The van der Waals surface area contributed by atoms with Gasteiger partial charge in [0.25, 0.3) is 11.8 Å². The zero-order chi connectivity index (χ0) is 46.6. The van der Waals surface area contributed by atoms with Gasteiger partial charge in [-0.1, -0.05) is 13.8 Å². The highest BCUT2D eigenvalue weighted by atomic mass is 16.5. The van der Waals surface area contributed by atoms with Gasteiger partial charge in [-0.05, 0) is 38.4 Å². The fraction of sp³-hybridized carbons (Fsp3) is 0.480. The fourth-order valence-corrected chi connectivity index (χ4v) is 11.1. The van der Waals surface area contributed by atoms with Gasteiger partial charge in [-0.25, -0.2) is 19.0 Å². The molecule has 6 aliphatic heterocycles. The summed E-state index contributed by atoms with van der Waals surface area (Å²) in [5.41, 5.74) is 7.46. The summed E-state index contributed by atoms with van der Waals surface area (Å²) >= 11 is 0. The van der Waals surface area contributed by atoms with Gasteiger partial charge < -0.3 is 49.2 Å². The number of anilines is 4. The van der Waals surface area contributed by atoms with E-state index in [0.717, 1.165) is 123 Å². The second-order valence-corrected chi connectivity index (χ2v) is 19.5. The molecule has 0 unspecified atom stereocenters. The Hall–Kier alpha value is -6.34. The number of rotatable bonds is 6. The SMILES string of the molecule is C[C@@H]1CN(C)CC[C@]12Cc1cc(NC(=O)c3cnn4cccnc34)c(N3CCOCC3)cc1O2.C[C@H]1CN(C)CC[C@]12Cc1cc(NC(=O)c3cnn4cccnc34)c(N3CCOCC3)cc1O2. The van der Waals surface area contributed by atoms with Crippen molar-refractivity contribution in [3.63, 3.8) is 0 Å². The van der Waals surface area contributed by atoms with E-state index in [1.165, 1.54) is 0 Å². The van der Waals surface area contributed by atoms with Crippen molar-refractivity contribution in [2.24, 2.45) is 11.8 Å². The molecule has 0 bridgehead atoms. The summed E-state index contributed by atoms with van der Waals surface area (Å²) in [5.74, 6) is 2.29. The third-order valence-electron chi connectivity index (χ3n) is 15.0. The molecule has 356 valence electrons. The van der Waals surface area contributed by atoms with E-state index in [9.17, 15) is 9.59 Å². The molecule has 0 saturated carbocycles. The zero-order valence-corrected chi connectivity index (χ0v) is 39.3. The molecule has 2 spiro atoms. The van der Waals surface area contributed by atoms with Gasteiger partial charge >= 0.3 is 0 Å². The first-order chi connectivity index (χ1) is 33.0. The summed E-state index contributed by atoms with van der Waals surface area (Å²) in [4.78, 5) is 44.6. The maximum atomic E-state index is 13.3. The number of likely N-dealkylation sites (tertiary alicyclic amines) is 2. The van der Waals surface area contributed by atoms with Crippen LogP contribution in [0.15, 0.2) is 73.6 Å². The van der Waals surface area contributed by atoms with E-state index < -0.39 is 0 Å². The molecule has 4 atom stereocenters. The molecule has 18 nitrogen and oxygen atoms in total. The monoisotopic (exact) mass is 924 g/mol. The number of ether oxygens (including phenoxy) is 4. The van der Waals surface area contributed by atoms with Gasteiger partial charge in [-0.15, -0.1) is 0 Å². The lowest BCUT2D eigenvalue weighted by molar-refractivity contribution is -0.0213. The van der Waals surface area contributed by atoms with Crippen LogP contribution in [0.3, 0.4) is 0 Å². The number of carbonyl (C=O) groups excluding carboxylic acids is 2. The Labute approximate surface area is 395 Å². The van der Waals surface area contributed by atoms with Gasteiger partial charge in [-0.2, -0.15) is 10.2 Å². The Balaban J connectivity index is 0.000000149. The topological polar surface area (TPSA) is 168 Å². The predicted octanol–water partition coefficient (Wildman–Crippen LogP) is 4.93. The average Bonchev–Trinajstić information content (AvgIpc) is 4.15. The highest BCUT2D eigenvalue weighted by Gasteiger charge is 2.48. The van der Waals surface area contributed by atoms with Crippen LogP contribution in [0.25, 0.3) is 11.3 Å². The molecule has 2 amide bonds. The Morgan fingerprint density at radius 2 is 1.04 bits per heavy atom. The smallest absolute Gasteiger partial charge is 0.261 e. The number of nitrogens with one attached hydrogen (secondary N) is 2. The van der Waals surface area contributed by atoms with E-state index in [-0.39, 0.29) is 23.0 Å². The number of hydrogen-bond acceptors (Lipinski definition) is 14. The molecule has 12 rings (SSSR count). The van der Waals surface area contributed by atoms with Crippen molar-refractivity contribution in [1.82, 2.24) is 39.0 Å². The van der Waals surface area contributed by atoms with Crippen molar-refractivity contribution < 1.29 is 28.5 Å². The lowest BCUT2D eigenvalue weighted by Gasteiger charge is -2.42. The molecule has 68 heavy (non-hydrogen) atoms. The molecule has 4 aromatic heterocycles. The van der Waals surface area contributed by atoms with Gasteiger partial charge in [0.15, 0.2) is 11.3 Å². The first kappa shape index (κ1) is 44.2.